The number of carboxylic acids is 1. The highest BCUT2D eigenvalue weighted by atomic mass is 16.4. The standard InChI is InChI=1S/C30H31N3O3/c1-28-14-19-15-29(28,2)18-30(16-19,17-28)21-8-12-23(13-9-21)32-26(34)20-6-10-22(11-7-20)31-25-5-3-4-24(33-25)27(35)36/h3-13,19H,14-18H2,1-2H3,(H,31,33)(H,32,34)(H,35,36). The number of hydrogen-bond donors (Lipinski definition) is 3. The van der Waals surface area contributed by atoms with Crippen LogP contribution < -0.4 is 10.6 Å². The Morgan fingerprint density at radius 1 is 0.861 bits per heavy atom. The molecule has 0 spiro atoms. The van der Waals surface area contributed by atoms with E-state index < -0.39 is 5.97 Å². The second kappa shape index (κ2) is 7.92. The molecule has 36 heavy (non-hydrogen) atoms. The Kier molecular flexibility index (Phi) is 5.01. The Hall–Kier alpha value is -3.67. The van der Waals surface area contributed by atoms with E-state index in [0.717, 1.165) is 11.6 Å². The molecule has 0 saturated heterocycles. The number of rotatable bonds is 6. The van der Waals surface area contributed by atoms with Crippen molar-refractivity contribution in [3.63, 3.8) is 0 Å². The van der Waals surface area contributed by atoms with Crippen molar-refractivity contribution in [2.24, 2.45) is 16.7 Å². The third-order valence-electron chi connectivity index (χ3n) is 9.21. The topological polar surface area (TPSA) is 91.3 Å². The Bertz CT molecular complexity index is 1330. The molecular formula is C30H31N3O3. The predicted octanol–water partition coefficient (Wildman–Crippen LogP) is 6.63. The number of anilines is 3. The lowest BCUT2D eigenvalue weighted by Gasteiger charge is -2.41. The van der Waals surface area contributed by atoms with Crippen molar-refractivity contribution >= 4 is 29.1 Å². The third-order valence-corrected chi connectivity index (χ3v) is 9.21. The highest BCUT2D eigenvalue weighted by molar-refractivity contribution is 6.04. The number of aromatic nitrogens is 1. The molecular weight excluding hydrogens is 450 g/mol. The number of carbonyl (C=O) groups excluding carboxylic acids is 1. The van der Waals surface area contributed by atoms with E-state index in [1.807, 2.05) is 12.1 Å². The molecule has 1 amide bonds. The number of benzene rings is 2. The summed E-state index contributed by atoms with van der Waals surface area (Å²) < 4.78 is 0. The maximum Gasteiger partial charge on any atom is 0.354 e. The van der Waals surface area contributed by atoms with Crippen LogP contribution in [0.3, 0.4) is 0 Å². The molecule has 2 unspecified atom stereocenters. The van der Waals surface area contributed by atoms with E-state index in [1.54, 1.807) is 36.4 Å². The molecule has 2 atom stereocenters. The van der Waals surface area contributed by atoms with Gasteiger partial charge >= 0.3 is 5.97 Å². The quantitative estimate of drug-likeness (QED) is 0.367. The summed E-state index contributed by atoms with van der Waals surface area (Å²) in [5, 5.41) is 15.2. The SMILES string of the molecule is CC12CC3CC(c4ccc(NC(=O)c5ccc(Nc6cccc(C(=O)O)n6)cc5)cc4)(C1)CC2(C)C3. The lowest BCUT2D eigenvalue weighted by atomic mass is 9.63. The van der Waals surface area contributed by atoms with Crippen molar-refractivity contribution in [2.75, 3.05) is 10.6 Å². The molecule has 4 saturated carbocycles. The van der Waals surface area contributed by atoms with Gasteiger partial charge in [0.25, 0.3) is 5.91 Å². The van der Waals surface area contributed by atoms with Gasteiger partial charge in [-0.25, -0.2) is 9.78 Å². The molecule has 0 radical (unpaired) electrons. The zero-order valence-electron chi connectivity index (χ0n) is 20.7. The Morgan fingerprint density at radius 3 is 2.11 bits per heavy atom. The number of amides is 1. The zero-order valence-corrected chi connectivity index (χ0v) is 20.7. The van der Waals surface area contributed by atoms with E-state index in [0.29, 0.717) is 33.3 Å². The summed E-state index contributed by atoms with van der Waals surface area (Å²) in [4.78, 5) is 28.0. The summed E-state index contributed by atoms with van der Waals surface area (Å²) in [6.45, 7) is 5.01. The number of carboxylic acid groups (broad SMARTS) is 1. The third kappa shape index (κ3) is 3.67. The van der Waals surface area contributed by atoms with Gasteiger partial charge in [-0.05, 0) is 108 Å². The van der Waals surface area contributed by atoms with Gasteiger partial charge in [-0.2, -0.15) is 0 Å². The van der Waals surface area contributed by atoms with Gasteiger partial charge in [-0.3, -0.25) is 4.79 Å². The molecule has 2 aromatic carbocycles. The molecule has 4 aliphatic rings. The fourth-order valence-corrected chi connectivity index (χ4v) is 7.72. The molecule has 4 aliphatic carbocycles. The van der Waals surface area contributed by atoms with E-state index in [9.17, 15) is 9.59 Å². The van der Waals surface area contributed by atoms with Gasteiger partial charge in [-0.1, -0.05) is 32.0 Å². The summed E-state index contributed by atoms with van der Waals surface area (Å²) in [6, 6.07) is 20.3. The first-order valence-electron chi connectivity index (χ1n) is 12.7. The highest BCUT2D eigenvalue weighted by Crippen LogP contribution is 2.76. The maximum atomic E-state index is 12.8. The molecule has 4 bridgehead atoms. The Balaban J connectivity index is 1.11. The fraction of sp³-hybridized carbons (Fsp3) is 0.367. The second-order valence-electron chi connectivity index (χ2n) is 11.7. The van der Waals surface area contributed by atoms with Crippen LogP contribution in [0.4, 0.5) is 17.2 Å². The Labute approximate surface area is 211 Å². The summed E-state index contributed by atoms with van der Waals surface area (Å²) in [5.74, 6) is 0.0396. The molecule has 0 aliphatic heterocycles. The van der Waals surface area contributed by atoms with E-state index >= 15 is 0 Å². The van der Waals surface area contributed by atoms with Crippen LogP contribution in [0.1, 0.15) is 72.4 Å². The van der Waals surface area contributed by atoms with Crippen LogP contribution in [0.5, 0.6) is 0 Å². The minimum atomic E-state index is -1.08. The number of aromatic carboxylic acids is 1. The highest BCUT2D eigenvalue weighted by Gasteiger charge is 2.67. The van der Waals surface area contributed by atoms with Gasteiger partial charge in [0.05, 0.1) is 0 Å². The minimum absolute atomic E-state index is 0.0296. The minimum Gasteiger partial charge on any atom is -0.477 e. The Morgan fingerprint density at radius 2 is 1.50 bits per heavy atom. The molecule has 1 heterocycles. The van der Waals surface area contributed by atoms with Gasteiger partial charge in [-0.15, -0.1) is 0 Å². The van der Waals surface area contributed by atoms with Crippen molar-refractivity contribution in [2.45, 2.75) is 51.4 Å². The van der Waals surface area contributed by atoms with Crippen molar-refractivity contribution < 1.29 is 14.7 Å². The summed E-state index contributed by atoms with van der Waals surface area (Å²) >= 11 is 0. The smallest absolute Gasteiger partial charge is 0.354 e. The first-order valence-corrected chi connectivity index (χ1v) is 12.7. The van der Waals surface area contributed by atoms with Crippen LogP contribution in [0.15, 0.2) is 66.7 Å². The maximum absolute atomic E-state index is 12.8. The second-order valence-corrected chi connectivity index (χ2v) is 11.7. The monoisotopic (exact) mass is 481 g/mol. The van der Waals surface area contributed by atoms with Crippen LogP contribution in [0.2, 0.25) is 0 Å². The van der Waals surface area contributed by atoms with Gasteiger partial charge in [0.2, 0.25) is 0 Å². The normalized spacial score (nSPS) is 29.8. The molecule has 7 rings (SSSR count). The first-order chi connectivity index (χ1) is 17.2. The van der Waals surface area contributed by atoms with Gasteiger partial charge in [0.1, 0.15) is 5.82 Å². The summed E-state index contributed by atoms with van der Waals surface area (Å²) in [5.41, 5.74) is 4.70. The molecule has 184 valence electrons. The lowest BCUT2D eigenvalue weighted by Crippen LogP contribution is -2.33. The molecule has 1 aromatic heterocycles. The van der Waals surface area contributed by atoms with Crippen molar-refractivity contribution in [3.8, 4) is 0 Å². The van der Waals surface area contributed by atoms with Gasteiger partial charge < -0.3 is 15.7 Å². The number of hydrogen-bond acceptors (Lipinski definition) is 4. The number of nitrogens with one attached hydrogen (secondary N) is 2. The summed E-state index contributed by atoms with van der Waals surface area (Å²) in [6.07, 6.45) is 6.66. The number of carbonyl (C=O) groups is 2. The van der Waals surface area contributed by atoms with Crippen molar-refractivity contribution in [3.05, 3.63) is 83.6 Å². The average molecular weight is 482 g/mol. The van der Waals surface area contributed by atoms with Crippen molar-refractivity contribution in [1.29, 1.82) is 0 Å². The zero-order chi connectivity index (χ0) is 25.1. The molecule has 6 nitrogen and oxygen atoms in total. The number of nitrogens with zero attached hydrogens (tertiary/aromatic N) is 1. The van der Waals surface area contributed by atoms with Crippen LogP contribution in [-0.2, 0) is 5.41 Å². The van der Waals surface area contributed by atoms with E-state index in [2.05, 4.69) is 41.6 Å². The summed E-state index contributed by atoms with van der Waals surface area (Å²) in [7, 11) is 0. The van der Waals surface area contributed by atoms with Crippen LogP contribution >= 0.6 is 0 Å². The van der Waals surface area contributed by atoms with E-state index in [4.69, 9.17) is 5.11 Å². The molecule has 3 N–H and O–H groups in total. The molecule has 6 heteroatoms. The largest absolute Gasteiger partial charge is 0.477 e. The fourth-order valence-electron chi connectivity index (χ4n) is 7.72. The van der Waals surface area contributed by atoms with E-state index in [-0.39, 0.29) is 11.6 Å². The van der Waals surface area contributed by atoms with Crippen LogP contribution in [0.25, 0.3) is 0 Å². The first kappa shape index (κ1) is 22.8. The lowest BCUT2D eigenvalue weighted by molar-refractivity contribution is 0.0690. The van der Waals surface area contributed by atoms with Crippen molar-refractivity contribution in [1.82, 2.24) is 4.98 Å². The number of pyridine rings is 1. The van der Waals surface area contributed by atoms with E-state index in [1.165, 1.54) is 43.7 Å². The average Bonchev–Trinajstić information content (AvgIpc) is 3.12. The molecule has 3 aromatic rings. The van der Waals surface area contributed by atoms with Gasteiger partial charge in [0, 0.05) is 16.9 Å². The molecule has 4 fully saturated rings. The predicted molar refractivity (Wildman–Crippen MR) is 140 cm³/mol. The van der Waals surface area contributed by atoms with Crippen LogP contribution in [0, 0.1) is 16.7 Å². The van der Waals surface area contributed by atoms with Gasteiger partial charge in [0.15, 0.2) is 5.69 Å². The van der Waals surface area contributed by atoms with Crippen LogP contribution in [-0.4, -0.2) is 22.0 Å².